The van der Waals surface area contributed by atoms with Gasteiger partial charge in [-0.25, -0.2) is 0 Å². The Hall–Kier alpha value is -0.880. The van der Waals surface area contributed by atoms with Gasteiger partial charge in [-0.3, -0.25) is 15.0 Å². The van der Waals surface area contributed by atoms with Crippen molar-refractivity contribution in [2.75, 3.05) is 16.1 Å². The molecule has 0 aliphatic rings. The fourth-order valence-electron chi connectivity index (χ4n) is 1.03. The Morgan fingerprint density at radius 2 is 1.56 bits per heavy atom. The molecule has 0 bridgehead atoms. The number of rotatable bonds is 4. The third-order valence-electron chi connectivity index (χ3n) is 1.74. The molecule has 1 rings (SSSR count). The number of nitrogens with zero attached hydrogens (tertiary/aromatic N) is 1. The van der Waals surface area contributed by atoms with Gasteiger partial charge in [-0.1, -0.05) is 50.1 Å². The van der Waals surface area contributed by atoms with Gasteiger partial charge in [-0.15, -0.1) is 0 Å². The van der Waals surface area contributed by atoms with Gasteiger partial charge in [-0.2, -0.15) is 5.01 Å². The van der Waals surface area contributed by atoms with Gasteiger partial charge in [0.15, 0.2) is 0 Å². The Balaban J connectivity index is 2.79. The van der Waals surface area contributed by atoms with Crippen LogP contribution in [0.3, 0.4) is 0 Å². The van der Waals surface area contributed by atoms with Gasteiger partial charge >= 0.3 is 0 Å². The van der Waals surface area contributed by atoms with Crippen molar-refractivity contribution in [2.45, 2.75) is 0 Å². The first-order valence-electron chi connectivity index (χ1n) is 4.48. The third-order valence-corrected chi connectivity index (χ3v) is 2.70. The molecular formula is C10H10Br2N2O2. The maximum absolute atomic E-state index is 11.5. The largest absolute Gasteiger partial charge is 0.289 e. The highest BCUT2D eigenvalue weighted by molar-refractivity contribution is 9.09. The highest BCUT2D eigenvalue weighted by Crippen LogP contribution is 2.08. The van der Waals surface area contributed by atoms with Crippen molar-refractivity contribution in [1.82, 2.24) is 5.01 Å². The SMILES string of the molecule is O=C(CBr)N(Nc1ccccc1)C(=O)CBr. The number of halogens is 2. The van der Waals surface area contributed by atoms with E-state index in [1.807, 2.05) is 18.2 Å². The Morgan fingerprint density at radius 3 is 2.00 bits per heavy atom. The Morgan fingerprint density at radius 1 is 1.06 bits per heavy atom. The minimum atomic E-state index is -0.340. The van der Waals surface area contributed by atoms with Crippen LogP contribution in [0.2, 0.25) is 0 Å². The average molecular weight is 350 g/mol. The molecule has 0 aliphatic carbocycles. The molecule has 0 radical (unpaired) electrons. The Bertz CT molecular complexity index is 354. The van der Waals surface area contributed by atoms with Crippen molar-refractivity contribution in [3.8, 4) is 0 Å². The van der Waals surface area contributed by atoms with E-state index in [1.165, 1.54) is 0 Å². The van der Waals surface area contributed by atoms with Gasteiger partial charge in [-0.05, 0) is 12.1 Å². The summed E-state index contributed by atoms with van der Waals surface area (Å²) in [5.41, 5.74) is 3.44. The van der Waals surface area contributed by atoms with Crippen LogP contribution in [0.1, 0.15) is 0 Å². The molecule has 0 fully saturated rings. The molecule has 0 unspecified atom stereocenters. The lowest BCUT2D eigenvalue weighted by molar-refractivity contribution is -0.139. The number of hydrazine groups is 1. The molecule has 6 heteroatoms. The number of imide groups is 1. The van der Waals surface area contributed by atoms with Crippen LogP contribution in [0.5, 0.6) is 0 Å². The molecule has 86 valence electrons. The smallest absolute Gasteiger partial charge is 0.258 e. The van der Waals surface area contributed by atoms with Crippen molar-refractivity contribution < 1.29 is 9.59 Å². The zero-order valence-corrected chi connectivity index (χ0v) is 11.5. The summed E-state index contributed by atoms with van der Waals surface area (Å²) in [6, 6.07) is 9.04. The molecule has 1 N–H and O–H groups in total. The monoisotopic (exact) mass is 348 g/mol. The topological polar surface area (TPSA) is 49.4 Å². The molecule has 0 saturated heterocycles. The van der Waals surface area contributed by atoms with E-state index in [4.69, 9.17) is 0 Å². The second-order valence-corrected chi connectivity index (χ2v) is 3.99. The molecule has 16 heavy (non-hydrogen) atoms. The summed E-state index contributed by atoms with van der Waals surface area (Å²) in [6.45, 7) is 0. The van der Waals surface area contributed by atoms with Gasteiger partial charge < -0.3 is 0 Å². The number of hydrogen-bond donors (Lipinski definition) is 1. The van der Waals surface area contributed by atoms with Crippen molar-refractivity contribution >= 4 is 49.4 Å². The number of alkyl halides is 2. The first kappa shape index (κ1) is 13.2. The van der Waals surface area contributed by atoms with E-state index in [0.29, 0.717) is 5.69 Å². The van der Waals surface area contributed by atoms with E-state index in [9.17, 15) is 9.59 Å². The number of benzene rings is 1. The fourth-order valence-corrected chi connectivity index (χ4v) is 1.53. The van der Waals surface area contributed by atoms with Crippen LogP contribution in [-0.4, -0.2) is 27.5 Å². The zero-order chi connectivity index (χ0) is 12.0. The fraction of sp³-hybridized carbons (Fsp3) is 0.200. The van der Waals surface area contributed by atoms with E-state index in [2.05, 4.69) is 37.3 Å². The molecule has 1 aromatic carbocycles. The maximum atomic E-state index is 11.5. The minimum absolute atomic E-state index is 0.0889. The van der Waals surface area contributed by atoms with Crippen LogP contribution >= 0.6 is 31.9 Å². The van der Waals surface area contributed by atoms with Crippen LogP contribution in [0, 0.1) is 0 Å². The number of carbonyl (C=O) groups excluding carboxylic acids is 2. The molecule has 0 spiro atoms. The van der Waals surface area contributed by atoms with Gasteiger partial charge in [0, 0.05) is 0 Å². The van der Waals surface area contributed by atoms with Gasteiger partial charge in [0.05, 0.1) is 16.3 Å². The molecule has 0 aromatic heterocycles. The van der Waals surface area contributed by atoms with Crippen molar-refractivity contribution in [1.29, 1.82) is 0 Å². The zero-order valence-electron chi connectivity index (χ0n) is 8.32. The van der Waals surface area contributed by atoms with E-state index in [1.54, 1.807) is 12.1 Å². The normalized spacial score (nSPS) is 9.62. The van der Waals surface area contributed by atoms with Crippen molar-refractivity contribution in [2.24, 2.45) is 0 Å². The quantitative estimate of drug-likeness (QED) is 0.669. The lowest BCUT2D eigenvalue weighted by atomic mass is 10.3. The highest BCUT2D eigenvalue weighted by Gasteiger charge is 2.19. The van der Waals surface area contributed by atoms with Crippen LogP contribution in [-0.2, 0) is 9.59 Å². The van der Waals surface area contributed by atoms with E-state index in [-0.39, 0.29) is 22.5 Å². The molecule has 0 heterocycles. The summed E-state index contributed by atoms with van der Waals surface area (Å²) in [5.74, 6) is -0.679. The maximum Gasteiger partial charge on any atom is 0.258 e. The van der Waals surface area contributed by atoms with Crippen molar-refractivity contribution in [3.63, 3.8) is 0 Å². The highest BCUT2D eigenvalue weighted by atomic mass is 79.9. The molecule has 2 amide bonds. The predicted octanol–water partition coefficient (Wildman–Crippen LogP) is 2.16. The molecular weight excluding hydrogens is 340 g/mol. The lowest BCUT2D eigenvalue weighted by Crippen LogP contribution is -2.42. The summed E-state index contributed by atoms with van der Waals surface area (Å²) in [6.07, 6.45) is 0. The number of nitrogens with one attached hydrogen (secondary N) is 1. The standard InChI is InChI=1S/C10H10Br2N2O2/c11-6-9(15)14(10(16)7-12)13-8-4-2-1-3-5-8/h1-5,13H,6-7H2. The number of para-hydroxylation sites is 1. The lowest BCUT2D eigenvalue weighted by Gasteiger charge is -2.20. The number of carbonyl (C=O) groups is 2. The Labute approximate surface area is 110 Å². The molecule has 0 atom stereocenters. The minimum Gasteiger partial charge on any atom is -0.289 e. The van der Waals surface area contributed by atoms with Crippen molar-refractivity contribution in [3.05, 3.63) is 30.3 Å². The number of hydrogen-bond acceptors (Lipinski definition) is 3. The molecule has 4 nitrogen and oxygen atoms in total. The Kier molecular flexibility index (Phi) is 5.48. The van der Waals surface area contributed by atoms with Crippen LogP contribution < -0.4 is 5.43 Å². The first-order valence-corrected chi connectivity index (χ1v) is 6.72. The summed E-state index contributed by atoms with van der Waals surface area (Å²) >= 11 is 6.06. The van der Waals surface area contributed by atoms with Gasteiger partial charge in [0.25, 0.3) is 11.8 Å². The third kappa shape index (κ3) is 3.61. The summed E-state index contributed by atoms with van der Waals surface area (Å²) in [7, 11) is 0. The average Bonchev–Trinajstić information content (AvgIpc) is 2.35. The number of amides is 2. The molecule has 0 aliphatic heterocycles. The van der Waals surface area contributed by atoms with E-state index >= 15 is 0 Å². The van der Waals surface area contributed by atoms with Crippen LogP contribution in [0.15, 0.2) is 30.3 Å². The van der Waals surface area contributed by atoms with Crippen LogP contribution in [0.4, 0.5) is 5.69 Å². The predicted molar refractivity (Wildman–Crippen MR) is 69.5 cm³/mol. The van der Waals surface area contributed by atoms with E-state index in [0.717, 1.165) is 5.01 Å². The first-order chi connectivity index (χ1) is 7.69. The number of anilines is 1. The van der Waals surface area contributed by atoms with Crippen LogP contribution in [0.25, 0.3) is 0 Å². The molecule has 1 aromatic rings. The summed E-state index contributed by atoms with van der Waals surface area (Å²) in [5, 5.41) is 1.16. The second-order valence-electron chi connectivity index (χ2n) is 2.87. The molecule has 0 saturated carbocycles. The second kappa shape index (κ2) is 6.65. The van der Waals surface area contributed by atoms with Gasteiger partial charge in [0.2, 0.25) is 0 Å². The van der Waals surface area contributed by atoms with Gasteiger partial charge in [0.1, 0.15) is 0 Å². The summed E-state index contributed by atoms with van der Waals surface area (Å²) < 4.78 is 0. The summed E-state index contributed by atoms with van der Waals surface area (Å²) in [4.78, 5) is 23.0. The van der Waals surface area contributed by atoms with E-state index < -0.39 is 0 Å².